The van der Waals surface area contributed by atoms with Gasteiger partial charge in [-0.1, -0.05) is 48.5 Å². The molecule has 1 aliphatic heterocycles. The number of thioether (sulfide) groups is 1. The molecule has 7 heteroatoms. The fourth-order valence-electron chi connectivity index (χ4n) is 2.93. The Morgan fingerprint density at radius 2 is 1.57 bits per heavy atom. The lowest BCUT2D eigenvalue weighted by Crippen LogP contribution is -2.28. The van der Waals surface area contributed by atoms with E-state index in [0.29, 0.717) is 25.6 Å². The lowest BCUT2D eigenvalue weighted by molar-refractivity contribution is -0.122. The zero-order chi connectivity index (χ0) is 21.1. The molecule has 3 aromatic rings. The Labute approximate surface area is 195 Å². The molecule has 0 aliphatic carbocycles. The predicted molar refractivity (Wildman–Crippen MR) is 130 cm³/mol. The summed E-state index contributed by atoms with van der Waals surface area (Å²) in [5, 5.41) is 10.6. The summed E-state index contributed by atoms with van der Waals surface area (Å²) >= 11 is 8.02. The highest BCUT2D eigenvalue weighted by atomic mass is 79.9. The molecule has 1 N–H and O–H groups in total. The molecular weight excluding hydrogens is 528 g/mol. The Hall–Kier alpha value is -2.35. The summed E-state index contributed by atoms with van der Waals surface area (Å²) < 4.78 is 1.11. The summed E-state index contributed by atoms with van der Waals surface area (Å²) in [7, 11) is 0. The quantitative estimate of drug-likeness (QED) is 0.371. The lowest BCUT2D eigenvalue weighted by atomic mass is 10.2. The normalized spacial score (nSPS) is 16.6. The maximum atomic E-state index is 13.2. The first kappa shape index (κ1) is 20.9. The van der Waals surface area contributed by atoms with Crippen molar-refractivity contribution in [2.75, 3.05) is 0 Å². The van der Waals surface area contributed by atoms with Crippen LogP contribution >= 0.6 is 43.6 Å². The molecule has 0 saturated carbocycles. The summed E-state index contributed by atoms with van der Waals surface area (Å²) in [4.78, 5) is 20.2. The largest absolute Gasteiger partial charge is 0.506 e. The average Bonchev–Trinajstić information content (AvgIpc) is 3.02. The first-order valence-electron chi connectivity index (χ1n) is 9.08. The molecule has 0 aromatic heterocycles. The van der Waals surface area contributed by atoms with Gasteiger partial charge in [-0.15, -0.1) is 0 Å². The molecule has 4 nitrogen and oxygen atoms in total. The minimum Gasteiger partial charge on any atom is -0.506 e. The van der Waals surface area contributed by atoms with Gasteiger partial charge < -0.3 is 5.11 Å². The number of aromatic hydroxyl groups is 1. The SMILES string of the molecule is O=C1/C(=C\c2cc(Br)c(O)c(Br)c2)SC(=Nc2ccccc2)N1Cc1ccccc1. The van der Waals surface area contributed by atoms with Crippen molar-refractivity contribution >= 4 is 66.5 Å². The maximum absolute atomic E-state index is 13.2. The molecule has 4 rings (SSSR count). The topological polar surface area (TPSA) is 52.9 Å². The molecule has 1 fully saturated rings. The zero-order valence-electron chi connectivity index (χ0n) is 15.6. The molecule has 1 amide bonds. The number of amidine groups is 1. The molecule has 150 valence electrons. The van der Waals surface area contributed by atoms with Gasteiger partial charge >= 0.3 is 0 Å². The van der Waals surface area contributed by atoms with E-state index in [1.54, 1.807) is 17.0 Å². The van der Waals surface area contributed by atoms with Crippen LogP contribution in [0.2, 0.25) is 0 Å². The van der Waals surface area contributed by atoms with Gasteiger partial charge in [-0.25, -0.2) is 4.99 Å². The molecule has 0 radical (unpaired) electrons. The van der Waals surface area contributed by atoms with Crippen LogP contribution in [-0.4, -0.2) is 21.1 Å². The van der Waals surface area contributed by atoms with Crippen LogP contribution in [0, 0.1) is 0 Å². The van der Waals surface area contributed by atoms with Crippen molar-refractivity contribution in [1.29, 1.82) is 0 Å². The van der Waals surface area contributed by atoms with Gasteiger partial charge in [-0.05, 0) is 85.1 Å². The number of phenolic OH excluding ortho intramolecular Hbond substituents is 1. The summed E-state index contributed by atoms with van der Waals surface area (Å²) in [6.45, 7) is 0.443. The van der Waals surface area contributed by atoms with E-state index in [-0.39, 0.29) is 11.7 Å². The van der Waals surface area contributed by atoms with Crippen molar-refractivity contribution in [3.05, 3.63) is 97.8 Å². The van der Waals surface area contributed by atoms with E-state index >= 15 is 0 Å². The van der Waals surface area contributed by atoms with Crippen LogP contribution < -0.4 is 0 Å². The first-order chi connectivity index (χ1) is 14.5. The van der Waals surface area contributed by atoms with E-state index in [1.165, 1.54) is 11.8 Å². The van der Waals surface area contributed by atoms with Crippen LogP contribution in [0.3, 0.4) is 0 Å². The van der Waals surface area contributed by atoms with Crippen molar-refractivity contribution in [2.24, 2.45) is 4.99 Å². The van der Waals surface area contributed by atoms with Gasteiger partial charge in [0.15, 0.2) is 5.17 Å². The van der Waals surface area contributed by atoms with Crippen molar-refractivity contribution in [3.63, 3.8) is 0 Å². The second-order valence-electron chi connectivity index (χ2n) is 6.55. The van der Waals surface area contributed by atoms with Crippen LogP contribution in [-0.2, 0) is 11.3 Å². The van der Waals surface area contributed by atoms with E-state index < -0.39 is 0 Å². The molecule has 1 heterocycles. The third-order valence-corrected chi connectivity index (χ3v) is 6.61. The van der Waals surface area contributed by atoms with E-state index in [0.717, 1.165) is 16.8 Å². The number of carbonyl (C=O) groups excluding carboxylic acids is 1. The number of halogens is 2. The smallest absolute Gasteiger partial charge is 0.267 e. The monoisotopic (exact) mass is 542 g/mol. The minimum atomic E-state index is -0.0983. The van der Waals surface area contributed by atoms with Gasteiger partial charge in [0.1, 0.15) is 5.75 Å². The second kappa shape index (κ2) is 9.20. The molecule has 30 heavy (non-hydrogen) atoms. The van der Waals surface area contributed by atoms with Crippen molar-refractivity contribution in [2.45, 2.75) is 6.54 Å². The molecular formula is C23H16Br2N2O2S. The zero-order valence-corrected chi connectivity index (χ0v) is 19.6. The van der Waals surface area contributed by atoms with E-state index in [4.69, 9.17) is 4.99 Å². The summed E-state index contributed by atoms with van der Waals surface area (Å²) in [6, 6.07) is 23.0. The third-order valence-electron chi connectivity index (χ3n) is 4.39. The maximum Gasteiger partial charge on any atom is 0.267 e. The number of rotatable bonds is 4. The standard InChI is InChI=1S/C23H16Br2N2O2S/c24-18-11-16(12-19(25)21(18)28)13-20-22(29)27(14-15-7-3-1-4-8-15)23(30-20)26-17-9-5-2-6-10-17/h1-13,28H,14H2/b20-13+,26-23?. The van der Waals surface area contributed by atoms with Crippen LogP contribution in [0.4, 0.5) is 5.69 Å². The fraction of sp³-hybridized carbons (Fsp3) is 0.0435. The van der Waals surface area contributed by atoms with Gasteiger partial charge in [0.25, 0.3) is 5.91 Å². The van der Waals surface area contributed by atoms with E-state index in [1.807, 2.05) is 66.7 Å². The molecule has 0 unspecified atom stereocenters. The summed E-state index contributed by atoms with van der Waals surface area (Å²) in [6.07, 6.45) is 1.81. The molecule has 0 bridgehead atoms. The number of hydrogen-bond acceptors (Lipinski definition) is 4. The summed E-state index contributed by atoms with van der Waals surface area (Å²) in [5.74, 6) is 0.0263. The molecule has 0 atom stereocenters. The Kier molecular flexibility index (Phi) is 6.41. The number of aliphatic imine (C=N–C) groups is 1. The van der Waals surface area contributed by atoms with Crippen LogP contribution in [0.5, 0.6) is 5.75 Å². The average molecular weight is 544 g/mol. The van der Waals surface area contributed by atoms with E-state index in [2.05, 4.69) is 31.9 Å². The number of phenols is 1. The number of benzene rings is 3. The van der Waals surface area contributed by atoms with Crippen LogP contribution in [0.1, 0.15) is 11.1 Å². The van der Waals surface area contributed by atoms with Crippen molar-refractivity contribution in [1.82, 2.24) is 4.90 Å². The fourth-order valence-corrected chi connectivity index (χ4v) is 5.15. The van der Waals surface area contributed by atoms with Gasteiger partial charge in [0, 0.05) is 0 Å². The number of para-hydroxylation sites is 1. The lowest BCUT2D eigenvalue weighted by Gasteiger charge is -2.15. The van der Waals surface area contributed by atoms with Gasteiger partial charge in [0.05, 0.1) is 26.1 Å². The van der Waals surface area contributed by atoms with E-state index in [9.17, 15) is 9.90 Å². The molecule has 3 aromatic carbocycles. The van der Waals surface area contributed by atoms with Gasteiger partial charge in [0.2, 0.25) is 0 Å². The highest BCUT2D eigenvalue weighted by Crippen LogP contribution is 2.38. The predicted octanol–water partition coefficient (Wildman–Crippen LogP) is 6.72. The Bertz CT molecular complexity index is 1130. The molecule has 1 aliphatic rings. The molecule has 0 spiro atoms. The third kappa shape index (κ3) is 4.69. The van der Waals surface area contributed by atoms with Crippen molar-refractivity contribution < 1.29 is 9.90 Å². The summed E-state index contributed by atoms with van der Waals surface area (Å²) in [5.41, 5.74) is 2.62. The Morgan fingerprint density at radius 3 is 2.20 bits per heavy atom. The number of hydrogen-bond donors (Lipinski definition) is 1. The number of carbonyl (C=O) groups is 1. The van der Waals surface area contributed by atoms with Crippen LogP contribution in [0.25, 0.3) is 6.08 Å². The molecule has 1 saturated heterocycles. The Morgan fingerprint density at radius 1 is 0.967 bits per heavy atom. The highest BCUT2D eigenvalue weighted by molar-refractivity contribution is 9.11. The van der Waals surface area contributed by atoms with Crippen molar-refractivity contribution in [3.8, 4) is 5.75 Å². The van der Waals surface area contributed by atoms with Gasteiger partial charge in [-0.2, -0.15) is 0 Å². The number of amides is 1. The second-order valence-corrected chi connectivity index (χ2v) is 9.27. The number of nitrogens with zero attached hydrogens (tertiary/aromatic N) is 2. The first-order valence-corrected chi connectivity index (χ1v) is 11.5. The minimum absolute atomic E-state index is 0.0983. The van der Waals surface area contributed by atoms with Crippen LogP contribution in [0.15, 0.2) is 91.6 Å². The van der Waals surface area contributed by atoms with Gasteiger partial charge in [-0.3, -0.25) is 9.69 Å². The highest BCUT2D eigenvalue weighted by Gasteiger charge is 2.33. The Balaban J connectivity index is 1.72.